The molecule has 0 radical (unpaired) electrons. The zero-order valence-electron chi connectivity index (χ0n) is 22.9. The lowest BCUT2D eigenvalue weighted by molar-refractivity contribution is 0.0759. The molecule has 212 valence electrons. The summed E-state index contributed by atoms with van der Waals surface area (Å²) in [5.74, 6) is 1.01. The second-order valence-corrected chi connectivity index (χ2v) is 13.7. The Hall–Kier alpha value is -2.49. The van der Waals surface area contributed by atoms with Gasteiger partial charge in [-0.3, -0.25) is 0 Å². The maximum atomic E-state index is 14.4. The highest BCUT2D eigenvalue weighted by atomic mass is 32.2. The van der Waals surface area contributed by atoms with Crippen molar-refractivity contribution in [1.82, 2.24) is 9.62 Å². The molecule has 3 fully saturated rings. The van der Waals surface area contributed by atoms with E-state index < -0.39 is 32.7 Å². The van der Waals surface area contributed by atoms with E-state index in [1.807, 2.05) is 12.1 Å². The highest BCUT2D eigenvalue weighted by Gasteiger charge is 2.47. The van der Waals surface area contributed by atoms with Crippen LogP contribution in [0.1, 0.15) is 74.6 Å². The van der Waals surface area contributed by atoms with Gasteiger partial charge in [-0.25, -0.2) is 22.5 Å². The van der Waals surface area contributed by atoms with Crippen molar-refractivity contribution in [2.24, 2.45) is 10.9 Å². The molecule has 2 aliphatic heterocycles. The van der Waals surface area contributed by atoms with E-state index >= 15 is 0 Å². The summed E-state index contributed by atoms with van der Waals surface area (Å²) in [6.07, 6.45) is 5.54. The normalized spacial score (nSPS) is 25.1. The van der Waals surface area contributed by atoms with Gasteiger partial charge in [-0.05, 0) is 94.5 Å². The van der Waals surface area contributed by atoms with Crippen LogP contribution in [-0.4, -0.2) is 61.5 Å². The first kappa shape index (κ1) is 28.1. The number of benzene rings is 2. The van der Waals surface area contributed by atoms with Crippen LogP contribution in [0, 0.1) is 11.7 Å². The van der Waals surface area contributed by atoms with E-state index in [1.165, 1.54) is 43.9 Å². The predicted molar refractivity (Wildman–Crippen MR) is 151 cm³/mol. The molecule has 2 saturated heterocycles. The van der Waals surface area contributed by atoms with Gasteiger partial charge in [0.2, 0.25) is 10.0 Å². The van der Waals surface area contributed by atoms with E-state index in [0.29, 0.717) is 12.3 Å². The molecule has 0 spiro atoms. The van der Waals surface area contributed by atoms with Crippen LogP contribution in [0.5, 0.6) is 0 Å². The zero-order chi connectivity index (χ0) is 27.6. The van der Waals surface area contributed by atoms with E-state index in [9.17, 15) is 17.9 Å². The molecule has 39 heavy (non-hydrogen) atoms. The lowest BCUT2D eigenvalue weighted by Gasteiger charge is -2.39. The van der Waals surface area contributed by atoms with Gasteiger partial charge in [0.05, 0.1) is 6.04 Å². The Morgan fingerprint density at radius 3 is 2.41 bits per heavy atom. The number of nitrogens with one attached hydrogen (secondary N) is 1. The smallest absolute Gasteiger partial charge is 0.299 e. The second kappa shape index (κ2) is 11.6. The van der Waals surface area contributed by atoms with E-state index in [4.69, 9.17) is 4.74 Å². The molecule has 5 rings (SSSR count). The first-order valence-electron chi connectivity index (χ1n) is 14.1. The number of nitrogens with zero attached hydrogens (tertiary/aromatic N) is 2. The lowest BCUT2D eigenvalue weighted by atomic mass is 9.88. The van der Waals surface area contributed by atoms with Gasteiger partial charge in [0, 0.05) is 18.7 Å². The number of piperidine rings is 1. The van der Waals surface area contributed by atoms with Crippen molar-refractivity contribution in [3.05, 3.63) is 71.0 Å². The maximum Gasteiger partial charge on any atom is 0.299 e. The number of aliphatic hydroxyl groups is 1. The molecule has 0 aromatic heterocycles. The van der Waals surface area contributed by atoms with E-state index in [-0.39, 0.29) is 24.6 Å². The van der Waals surface area contributed by atoms with Crippen molar-refractivity contribution in [2.45, 2.75) is 75.2 Å². The molecule has 2 atom stereocenters. The first-order valence-corrected chi connectivity index (χ1v) is 15.6. The number of hydrogen-bond acceptors (Lipinski definition) is 6. The standard InChI is InChI=1S/C30H40FN3O4S/c1-30(2)28(19-21-9-11-23(12-10-21)24-13-16-34(17-14-24)20-22-7-8-22)39(36,37)33-29(38-30)32-27(15-18-35)25-5-3-4-6-26(25)31/h3-6,9-12,22,24,27-28,35H,7-8,13-20H2,1-2H3,(H,32,33). The number of ether oxygens (including phenoxy) is 1. The fourth-order valence-corrected chi connectivity index (χ4v) is 7.55. The number of hydrogen-bond donors (Lipinski definition) is 2. The minimum Gasteiger partial charge on any atom is -0.457 e. The number of sulfonamides is 1. The number of aliphatic hydroxyl groups excluding tert-OH is 1. The van der Waals surface area contributed by atoms with Crippen molar-refractivity contribution in [3.8, 4) is 0 Å². The average molecular weight is 558 g/mol. The molecule has 1 saturated carbocycles. The van der Waals surface area contributed by atoms with Crippen LogP contribution in [0.15, 0.2) is 53.5 Å². The summed E-state index contributed by atoms with van der Waals surface area (Å²) in [7, 11) is -3.84. The molecule has 9 heteroatoms. The second-order valence-electron chi connectivity index (χ2n) is 11.8. The predicted octanol–water partition coefficient (Wildman–Crippen LogP) is 4.53. The Kier molecular flexibility index (Phi) is 8.31. The molecule has 2 aromatic rings. The van der Waals surface area contributed by atoms with E-state index in [0.717, 1.165) is 24.6 Å². The molecular formula is C30H40FN3O4S. The van der Waals surface area contributed by atoms with Gasteiger partial charge in [-0.2, -0.15) is 0 Å². The molecule has 1 aliphatic carbocycles. The van der Waals surface area contributed by atoms with Gasteiger partial charge in [-0.1, -0.05) is 42.5 Å². The van der Waals surface area contributed by atoms with E-state index in [2.05, 4.69) is 26.7 Å². The van der Waals surface area contributed by atoms with Crippen LogP contribution >= 0.6 is 0 Å². The van der Waals surface area contributed by atoms with Gasteiger partial charge < -0.3 is 14.7 Å². The highest BCUT2D eigenvalue weighted by Crippen LogP contribution is 2.34. The molecule has 2 heterocycles. The third kappa shape index (κ3) is 6.81. The van der Waals surface area contributed by atoms with Crippen LogP contribution < -0.4 is 4.72 Å². The third-order valence-corrected chi connectivity index (χ3v) is 10.3. The molecule has 2 N–H and O–H groups in total. The van der Waals surface area contributed by atoms with Crippen molar-refractivity contribution < 1.29 is 22.7 Å². The number of rotatable bonds is 9. The summed E-state index contributed by atoms with van der Waals surface area (Å²) in [5, 5.41) is 8.66. The minimum absolute atomic E-state index is 0.130. The highest BCUT2D eigenvalue weighted by molar-refractivity contribution is 7.90. The molecule has 3 aliphatic rings. The van der Waals surface area contributed by atoms with Gasteiger partial charge in [0.1, 0.15) is 16.7 Å². The van der Waals surface area contributed by atoms with Crippen LogP contribution in [0.2, 0.25) is 0 Å². The van der Waals surface area contributed by atoms with Gasteiger partial charge >= 0.3 is 0 Å². The molecule has 0 bridgehead atoms. The Labute approximate surface area is 231 Å². The van der Waals surface area contributed by atoms with Crippen LogP contribution in [0.3, 0.4) is 0 Å². The Bertz CT molecular complexity index is 1270. The van der Waals surface area contributed by atoms with Crippen LogP contribution in [-0.2, 0) is 21.2 Å². The maximum absolute atomic E-state index is 14.4. The monoisotopic (exact) mass is 557 g/mol. The van der Waals surface area contributed by atoms with Crippen molar-refractivity contribution in [3.63, 3.8) is 0 Å². The molecule has 0 amide bonds. The van der Waals surface area contributed by atoms with Crippen LogP contribution in [0.4, 0.5) is 4.39 Å². The fraction of sp³-hybridized carbons (Fsp3) is 0.567. The SMILES string of the molecule is CC1(C)OC(=NC(CCO)c2ccccc2F)NS(=O)(=O)C1Cc1ccc(C2CCN(CC3CC3)CC2)cc1. The summed E-state index contributed by atoms with van der Waals surface area (Å²) in [6, 6.07) is 13.5. The first-order chi connectivity index (χ1) is 18.6. The largest absolute Gasteiger partial charge is 0.457 e. The summed E-state index contributed by atoms with van der Waals surface area (Å²) >= 11 is 0. The van der Waals surface area contributed by atoms with Crippen molar-refractivity contribution in [2.75, 3.05) is 26.2 Å². The quantitative estimate of drug-likeness (QED) is 0.473. The Morgan fingerprint density at radius 1 is 1.10 bits per heavy atom. The van der Waals surface area contributed by atoms with Gasteiger partial charge in [0.25, 0.3) is 6.02 Å². The van der Waals surface area contributed by atoms with E-state index in [1.54, 1.807) is 32.0 Å². The molecule has 7 nitrogen and oxygen atoms in total. The van der Waals surface area contributed by atoms with Crippen molar-refractivity contribution >= 4 is 16.0 Å². The minimum atomic E-state index is -3.84. The number of likely N-dealkylation sites (tertiary alicyclic amines) is 1. The number of amidine groups is 1. The third-order valence-electron chi connectivity index (χ3n) is 8.35. The zero-order valence-corrected chi connectivity index (χ0v) is 23.7. The summed E-state index contributed by atoms with van der Waals surface area (Å²) < 4.78 is 49.7. The summed E-state index contributed by atoms with van der Waals surface area (Å²) in [6.45, 7) is 6.80. The Balaban J connectivity index is 1.25. The lowest BCUT2D eigenvalue weighted by Crippen LogP contribution is -2.59. The van der Waals surface area contributed by atoms with Gasteiger partial charge in [-0.15, -0.1) is 0 Å². The molecule has 2 unspecified atom stereocenters. The van der Waals surface area contributed by atoms with Gasteiger partial charge in [0.15, 0.2) is 0 Å². The molecule has 2 aromatic carbocycles. The summed E-state index contributed by atoms with van der Waals surface area (Å²) in [5.41, 5.74) is 1.45. The van der Waals surface area contributed by atoms with Crippen LogP contribution in [0.25, 0.3) is 0 Å². The fourth-order valence-electron chi connectivity index (χ4n) is 5.86. The molecular weight excluding hydrogens is 517 g/mol. The Morgan fingerprint density at radius 2 is 1.79 bits per heavy atom. The number of aliphatic imine (C=N–C) groups is 1. The topological polar surface area (TPSA) is 91.2 Å². The number of halogens is 1. The van der Waals surface area contributed by atoms with Crippen molar-refractivity contribution in [1.29, 1.82) is 0 Å². The summed E-state index contributed by atoms with van der Waals surface area (Å²) in [4.78, 5) is 6.98. The average Bonchev–Trinajstić information content (AvgIpc) is 3.71.